The van der Waals surface area contributed by atoms with Crippen molar-refractivity contribution in [1.82, 2.24) is 9.97 Å². The van der Waals surface area contributed by atoms with Gasteiger partial charge >= 0.3 is 6.18 Å². The monoisotopic (exact) mass is 535 g/mol. The number of pyridine rings is 2. The Balaban J connectivity index is 1.37. The van der Waals surface area contributed by atoms with Gasteiger partial charge in [0.05, 0.1) is 7.11 Å². The summed E-state index contributed by atoms with van der Waals surface area (Å²) in [7, 11) is 1.35. The van der Waals surface area contributed by atoms with Crippen LogP contribution in [-0.4, -0.2) is 35.1 Å². The maximum Gasteiger partial charge on any atom is 0.399 e. The lowest BCUT2D eigenvalue weighted by Gasteiger charge is -2.28. The molecule has 0 aliphatic heterocycles. The maximum atomic E-state index is 14.7. The molecule has 1 aliphatic carbocycles. The highest BCUT2D eigenvalue weighted by Gasteiger charge is 2.27. The molecule has 0 saturated heterocycles. The van der Waals surface area contributed by atoms with Crippen LogP contribution in [0, 0.1) is 11.7 Å². The van der Waals surface area contributed by atoms with Crippen molar-refractivity contribution in [2.24, 2.45) is 5.92 Å². The molecule has 37 heavy (non-hydrogen) atoms. The molecule has 10 heteroatoms. The van der Waals surface area contributed by atoms with E-state index in [1.807, 2.05) is 6.07 Å². The van der Waals surface area contributed by atoms with Crippen molar-refractivity contribution in [3.8, 4) is 23.0 Å². The lowest BCUT2D eigenvalue weighted by Crippen LogP contribution is -2.24. The zero-order valence-electron chi connectivity index (χ0n) is 20.4. The lowest BCUT2D eigenvalue weighted by atomic mass is 9.84. The number of hydrogen-bond donors (Lipinski definition) is 1. The van der Waals surface area contributed by atoms with Crippen molar-refractivity contribution in [2.45, 2.75) is 50.8 Å². The average Bonchev–Trinajstić information content (AvgIpc) is 2.89. The van der Waals surface area contributed by atoms with E-state index in [-0.39, 0.29) is 23.4 Å². The number of hydrogen-bond acceptors (Lipinski definition) is 6. The number of aryl methyl sites for hydroxylation is 1. The average molecular weight is 536 g/mol. The first-order valence-corrected chi connectivity index (χ1v) is 13.2. The number of methoxy groups -OCH3 is 1. The molecule has 1 saturated carbocycles. The normalized spacial score (nSPS) is 17.9. The van der Waals surface area contributed by atoms with Gasteiger partial charge in [0.25, 0.3) is 0 Å². The van der Waals surface area contributed by atoms with Gasteiger partial charge in [-0.05, 0) is 74.1 Å². The summed E-state index contributed by atoms with van der Waals surface area (Å²) in [4.78, 5) is 8.45. The van der Waals surface area contributed by atoms with Crippen molar-refractivity contribution in [3.63, 3.8) is 0 Å². The van der Waals surface area contributed by atoms with Crippen LogP contribution in [0.5, 0.6) is 11.8 Å². The molecule has 1 fully saturated rings. The Morgan fingerprint density at radius 3 is 2.51 bits per heavy atom. The molecule has 2 aromatic heterocycles. The van der Waals surface area contributed by atoms with Crippen molar-refractivity contribution in [1.29, 1.82) is 0 Å². The molecule has 0 amide bonds. The summed E-state index contributed by atoms with van der Waals surface area (Å²) in [6.07, 6.45) is 3.20. The van der Waals surface area contributed by atoms with E-state index < -0.39 is 17.7 Å². The maximum absolute atomic E-state index is 14.7. The van der Waals surface area contributed by atoms with Crippen LogP contribution in [-0.2, 0) is 6.42 Å². The molecule has 1 aromatic carbocycles. The highest BCUT2D eigenvalue weighted by molar-refractivity contribution is 8.00. The smallest absolute Gasteiger partial charge is 0.399 e. The molecule has 0 spiro atoms. The molecule has 3 aromatic rings. The fourth-order valence-corrected chi connectivity index (χ4v) is 4.97. The predicted molar refractivity (Wildman–Crippen MR) is 137 cm³/mol. The largest absolute Gasteiger partial charge is 0.480 e. The molecule has 1 aliphatic rings. The summed E-state index contributed by atoms with van der Waals surface area (Å²) in [5.41, 5.74) is 1.85. The van der Waals surface area contributed by atoms with Crippen molar-refractivity contribution in [2.75, 3.05) is 17.6 Å². The number of halogens is 4. The topological polar surface area (TPSA) is 56.3 Å². The molecule has 4 rings (SSSR count). The van der Waals surface area contributed by atoms with E-state index in [1.54, 1.807) is 0 Å². The van der Waals surface area contributed by atoms with E-state index in [0.717, 1.165) is 38.5 Å². The first-order chi connectivity index (χ1) is 17.8. The van der Waals surface area contributed by atoms with Gasteiger partial charge in [-0.3, -0.25) is 0 Å². The second-order valence-corrected chi connectivity index (χ2v) is 9.83. The van der Waals surface area contributed by atoms with Gasteiger partial charge in [-0.25, -0.2) is 14.4 Å². The number of nitrogens with one attached hydrogen (secondary N) is 1. The number of anilines is 1. The van der Waals surface area contributed by atoms with Gasteiger partial charge in [-0.1, -0.05) is 30.3 Å². The van der Waals surface area contributed by atoms with Gasteiger partial charge in [0.2, 0.25) is 11.8 Å². The molecular weight excluding hydrogens is 506 g/mol. The van der Waals surface area contributed by atoms with Crippen molar-refractivity contribution >= 4 is 17.6 Å². The molecule has 0 atom stereocenters. The Morgan fingerprint density at radius 2 is 1.81 bits per heavy atom. The summed E-state index contributed by atoms with van der Waals surface area (Å²) in [6, 6.07) is 14.7. The molecule has 0 unspecified atom stereocenters. The SMILES string of the molecule is COc1ncc(-c2nc(OC3CCC(CCc4ccccc4)CC3)ccc2F)cc1NSCC(F)(F)F. The summed E-state index contributed by atoms with van der Waals surface area (Å²) in [5, 5.41) is 0. The van der Waals surface area contributed by atoms with Crippen LogP contribution in [0.3, 0.4) is 0 Å². The Bertz CT molecular complexity index is 1160. The zero-order valence-corrected chi connectivity index (χ0v) is 21.2. The van der Waals surface area contributed by atoms with Gasteiger partial charge in [0, 0.05) is 17.8 Å². The molecule has 198 valence electrons. The Kier molecular flexibility index (Phi) is 9.13. The zero-order chi connectivity index (χ0) is 26.3. The van der Waals surface area contributed by atoms with Crippen LogP contribution >= 0.6 is 11.9 Å². The number of alkyl halides is 3. The minimum Gasteiger partial charge on any atom is -0.480 e. The number of ether oxygens (including phenoxy) is 2. The molecule has 0 radical (unpaired) electrons. The molecule has 2 heterocycles. The Labute approximate surface area is 218 Å². The van der Waals surface area contributed by atoms with E-state index in [0.29, 0.717) is 29.3 Å². The lowest BCUT2D eigenvalue weighted by molar-refractivity contribution is -0.105. The first kappa shape index (κ1) is 27.0. The van der Waals surface area contributed by atoms with Crippen LogP contribution in [0.25, 0.3) is 11.3 Å². The van der Waals surface area contributed by atoms with E-state index in [9.17, 15) is 17.6 Å². The number of nitrogens with zero attached hydrogens (tertiary/aromatic N) is 2. The standard InChI is InChI=1S/C27H29F4N3O2S/c1-35-26-23(34-37-17-27(29,30)31)15-20(16-32-26)25-22(28)13-14-24(33-25)36-21-11-9-19(10-12-21)8-7-18-5-3-2-4-6-18/h2-6,13-16,19,21,34H,7-12,17H2,1H3. The van der Waals surface area contributed by atoms with Crippen LogP contribution < -0.4 is 14.2 Å². The fraction of sp³-hybridized carbons (Fsp3) is 0.407. The third-order valence-electron chi connectivity index (χ3n) is 6.32. The van der Waals surface area contributed by atoms with Gasteiger partial charge in [-0.2, -0.15) is 13.2 Å². The van der Waals surface area contributed by atoms with Crippen molar-refractivity contribution < 1.29 is 27.0 Å². The molecular formula is C27H29F4N3O2S. The highest BCUT2D eigenvalue weighted by Crippen LogP contribution is 2.34. The van der Waals surface area contributed by atoms with E-state index >= 15 is 0 Å². The van der Waals surface area contributed by atoms with Gasteiger partial charge in [0.15, 0.2) is 0 Å². The predicted octanol–water partition coefficient (Wildman–Crippen LogP) is 7.48. The van der Waals surface area contributed by atoms with Crippen LogP contribution in [0.2, 0.25) is 0 Å². The minimum absolute atomic E-state index is 0.00350. The third kappa shape index (κ3) is 7.99. The quantitative estimate of drug-likeness (QED) is 0.215. The van der Waals surface area contributed by atoms with E-state index in [1.165, 1.54) is 37.1 Å². The summed E-state index contributed by atoms with van der Waals surface area (Å²) < 4.78 is 66.0. The molecule has 1 N–H and O–H groups in total. The van der Waals surface area contributed by atoms with Crippen LogP contribution in [0.1, 0.15) is 37.7 Å². The molecule has 5 nitrogen and oxygen atoms in total. The second kappa shape index (κ2) is 12.5. The van der Waals surface area contributed by atoms with E-state index in [2.05, 4.69) is 39.0 Å². The Morgan fingerprint density at radius 1 is 1.05 bits per heavy atom. The summed E-state index contributed by atoms with van der Waals surface area (Å²) >= 11 is 0.446. The van der Waals surface area contributed by atoms with Crippen LogP contribution in [0.15, 0.2) is 54.7 Å². The highest BCUT2D eigenvalue weighted by atomic mass is 32.2. The Hall–Kier alpha value is -3.01. The fourth-order valence-electron chi connectivity index (χ4n) is 4.43. The summed E-state index contributed by atoms with van der Waals surface area (Å²) in [5.74, 6) is -0.637. The van der Waals surface area contributed by atoms with Gasteiger partial charge in [-0.15, -0.1) is 0 Å². The minimum atomic E-state index is -4.34. The number of benzene rings is 1. The summed E-state index contributed by atoms with van der Waals surface area (Å²) in [6.45, 7) is 0. The van der Waals surface area contributed by atoms with Gasteiger partial charge < -0.3 is 14.2 Å². The van der Waals surface area contributed by atoms with Crippen molar-refractivity contribution in [3.05, 3.63) is 66.1 Å². The molecule has 0 bridgehead atoms. The second-order valence-electron chi connectivity index (χ2n) is 9.05. The first-order valence-electron chi connectivity index (χ1n) is 12.2. The van der Waals surface area contributed by atoms with E-state index in [4.69, 9.17) is 9.47 Å². The number of rotatable bonds is 10. The number of aromatic nitrogens is 2. The van der Waals surface area contributed by atoms with Gasteiger partial charge in [0.1, 0.15) is 29.1 Å². The third-order valence-corrected chi connectivity index (χ3v) is 7.16. The van der Waals surface area contributed by atoms with Crippen LogP contribution in [0.4, 0.5) is 23.2 Å².